The lowest BCUT2D eigenvalue weighted by atomic mass is 10.1. The second kappa shape index (κ2) is 11.9. The summed E-state index contributed by atoms with van der Waals surface area (Å²) in [5.41, 5.74) is 5.44. The number of carbonyl (C=O) groups excluding carboxylic acids is 2. The summed E-state index contributed by atoms with van der Waals surface area (Å²) in [5.74, 6) is -0.156. The summed E-state index contributed by atoms with van der Waals surface area (Å²) in [6.45, 7) is 3.60. The molecular weight excluding hydrogens is 539 g/mol. The maximum absolute atomic E-state index is 12.5. The van der Waals surface area contributed by atoms with Crippen LogP contribution in [0, 0.1) is 3.70 Å². The van der Waals surface area contributed by atoms with Crippen LogP contribution in [-0.4, -0.2) is 70.8 Å². The SMILES string of the molecule is O=C1CCc2ccc(cc2)C(=O)NCCOCCn2nnc(c2I)COC[C@H]2CCCN2N1. The van der Waals surface area contributed by atoms with E-state index in [1.54, 1.807) is 16.8 Å². The smallest absolute Gasteiger partial charge is 0.251 e. The van der Waals surface area contributed by atoms with E-state index in [4.69, 9.17) is 9.47 Å². The maximum atomic E-state index is 12.5. The fraction of sp³-hybridized carbons (Fsp3) is 0.545. The number of nitrogens with one attached hydrogen (secondary N) is 2. The minimum Gasteiger partial charge on any atom is -0.378 e. The van der Waals surface area contributed by atoms with Crippen LogP contribution in [0.15, 0.2) is 24.3 Å². The summed E-state index contributed by atoms with van der Waals surface area (Å²) in [6, 6.07) is 7.52. The minimum atomic E-state index is -0.142. The van der Waals surface area contributed by atoms with Gasteiger partial charge in [0.25, 0.3) is 5.91 Å². The average Bonchev–Trinajstić information content (AvgIpc) is 3.40. The molecule has 2 N–H and O–H groups in total. The highest BCUT2D eigenvalue weighted by Gasteiger charge is 2.26. The first-order chi connectivity index (χ1) is 16.1. The average molecular weight is 568 g/mol. The van der Waals surface area contributed by atoms with Crippen LogP contribution in [0.2, 0.25) is 0 Å². The van der Waals surface area contributed by atoms with Crippen molar-refractivity contribution in [2.45, 2.75) is 44.9 Å². The van der Waals surface area contributed by atoms with E-state index in [1.165, 1.54) is 0 Å². The van der Waals surface area contributed by atoms with E-state index in [0.29, 0.717) is 57.9 Å². The van der Waals surface area contributed by atoms with E-state index in [-0.39, 0.29) is 17.9 Å². The molecule has 1 aromatic heterocycles. The molecule has 1 fully saturated rings. The first kappa shape index (κ1) is 24.0. The zero-order chi connectivity index (χ0) is 23.0. The standard InChI is InChI=1S/C22H29IN6O4/c23-21-19-15-33-14-18-2-1-10-28(18)26-20(30)8-5-16-3-6-17(7-4-16)22(31)24-9-12-32-13-11-29(21)27-25-19/h3-4,6-7,18H,1-2,5,8-15H2,(H,24,31)(H,26,30)/t18-/m1/s1. The van der Waals surface area contributed by atoms with Crippen molar-refractivity contribution in [3.05, 3.63) is 44.8 Å². The fourth-order valence-corrected chi connectivity index (χ4v) is 4.51. The highest BCUT2D eigenvalue weighted by atomic mass is 127. The van der Waals surface area contributed by atoms with Gasteiger partial charge < -0.3 is 14.8 Å². The first-order valence-corrected chi connectivity index (χ1v) is 12.3. The summed E-state index contributed by atoms with van der Waals surface area (Å²) < 4.78 is 14.3. The molecule has 5 rings (SSSR count). The first-order valence-electron chi connectivity index (χ1n) is 11.3. The van der Waals surface area contributed by atoms with Crippen LogP contribution >= 0.6 is 22.6 Å². The number of aryl methyl sites for hydroxylation is 1. The topological polar surface area (TPSA) is 111 Å². The minimum absolute atomic E-state index is 0.0143. The number of fused-ring (bicyclic) bond motifs is 13. The molecule has 2 amide bonds. The molecule has 1 saturated heterocycles. The van der Waals surface area contributed by atoms with Crippen LogP contribution < -0.4 is 10.7 Å². The van der Waals surface area contributed by atoms with Crippen molar-refractivity contribution in [1.82, 2.24) is 30.7 Å². The monoisotopic (exact) mass is 568 g/mol. The zero-order valence-electron chi connectivity index (χ0n) is 18.5. The number of amides is 2. The third-order valence-corrected chi connectivity index (χ3v) is 6.95. The summed E-state index contributed by atoms with van der Waals surface area (Å²) in [5, 5.41) is 13.3. The number of nitrogens with zero attached hydrogens (tertiary/aromatic N) is 4. The van der Waals surface area contributed by atoms with Gasteiger partial charge in [-0.25, -0.2) is 9.69 Å². The highest BCUT2D eigenvalue weighted by molar-refractivity contribution is 14.1. The predicted molar refractivity (Wildman–Crippen MR) is 128 cm³/mol. The molecule has 1 atom stereocenters. The molecule has 0 radical (unpaired) electrons. The van der Waals surface area contributed by atoms with Crippen LogP contribution in [0.5, 0.6) is 0 Å². The molecule has 3 aliphatic rings. The Kier molecular flexibility index (Phi) is 8.64. The molecule has 11 heteroatoms. The van der Waals surface area contributed by atoms with Crippen LogP contribution in [0.1, 0.15) is 40.9 Å². The van der Waals surface area contributed by atoms with Crippen molar-refractivity contribution in [2.24, 2.45) is 0 Å². The maximum Gasteiger partial charge on any atom is 0.251 e. The molecule has 0 saturated carbocycles. The van der Waals surface area contributed by atoms with Crippen LogP contribution in [-0.2, 0) is 33.8 Å². The Bertz CT molecular complexity index is 951. The lowest BCUT2D eigenvalue weighted by molar-refractivity contribution is -0.126. The van der Waals surface area contributed by atoms with E-state index < -0.39 is 0 Å². The van der Waals surface area contributed by atoms with Crippen molar-refractivity contribution in [3.63, 3.8) is 0 Å². The highest BCUT2D eigenvalue weighted by Crippen LogP contribution is 2.17. The van der Waals surface area contributed by atoms with Gasteiger partial charge in [0.05, 0.1) is 39.0 Å². The molecule has 178 valence electrons. The van der Waals surface area contributed by atoms with E-state index in [1.807, 2.05) is 17.1 Å². The van der Waals surface area contributed by atoms with Crippen LogP contribution in [0.25, 0.3) is 0 Å². The molecule has 4 heterocycles. The van der Waals surface area contributed by atoms with Gasteiger partial charge in [0, 0.05) is 25.1 Å². The molecule has 10 nitrogen and oxygen atoms in total. The molecule has 0 aliphatic carbocycles. The van der Waals surface area contributed by atoms with Gasteiger partial charge in [0.15, 0.2) is 0 Å². The number of hydrazine groups is 1. The third-order valence-electron chi connectivity index (χ3n) is 5.77. The van der Waals surface area contributed by atoms with Gasteiger partial charge in [-0.2, -0.15) is 0 Å². The second-order valence-electron chi connectivity index (χ2n) is 8.15. The number of aromatic nitrogens is 3. The van der Waals surface area contributed by atoms with Crippen molar-refractivity contribution in [3.8, 4) is 0 Å². The van der Waals surface area contributed by atoms with Gasteiger partial charge in [-0.3, -0.25) is 15.0 Å². The Morgan fingerprint density at radius 3 is 2.76 bits per heavy atom. The van der Waals surface area contributed by atoms with Gasteiger partial charge in [0.2, 0.25) is 5.91 Å². The van der Waals surface area contributed by atoms with Crippen molar-refractivity contribution >= 4 is 34.4 Å². The molecule has 4 bridgehead atoms. The van der Waals surface area contributed by atoms with Crippen molar-refractivity contribution < 1.29 is 19.1 Å². The van der Waals surface area contributed by atoms with E-state index in [9.17, 15) is 9.59 Å². The largest absolute Gasteiger partial charge is 0.378 e. The van der Waals surface area contributed by atoms with Gasteiger partial charge in [-0.1, -0.05) is 17.3 Å². The van der Waals surface area contributed by atoms with Gasteiger partial charge in [-0.15, -0.1) is 5.10 Å². The second-order valence-corrected chi connectivity index (χ2v) is 9.18. The van der Waals surface area contributed by atoms with Gasteiger partial charge in [-0.05, 0) is 59.5 Å². The van der Waals surface area contributed by atoms with Crippen molar-refractivity contribution in [1.29, 1.82) is 0 Å². The van der Waals surface area contributed by atoms with E-state index >= 15 is 0 Å². The Hall–Kier alpha value is -2.09. The summed E-state index contributed by atoms with van der Waals surface area (Å²) in [7, 11) is 0. The quantitative estimate of drug-likeness (QED) is 0.461. The number of benzene rings is 1. The molecule has 2 aromatic rings. The predicted octanol–water partition coefficient (Wildman–Crippen LogP) is 1.29. The number of halogens is 1. The number of hydrogen-bond acceptors (Lipinski definition) is 7. The number of hydrogen-bond donors (Lipinski definition) is 2. The van der Waals surface area contributed by atoms with E-state index in [0.717, 1.165) is 34.3 Å². The van der Waals surface area contributed by atoms with Crippen LogP contribution in [0.4, 0.5) is 0 Å². The molecule has 1 aromatic carbocycles. The number of carbonyl (C=O) groups is 2. The molecule has 33 heavy (non-hydrogen) atoms. The lowest BCUT2D eigenvalue weighted by Crippen LogP contribution is -2.46. The molecule has 0 unspecified atom stereocenters. The summed E-state index contributed by atoms with van der Waals surface area (Å²) in [4.78, 5) is 24.8. The van der Waals surface area contributed by atoms with E-state index in [2.05, 4.69) is 43.6 Å². The van der Waals surface area contributed by atoms with Gasteiger partial charge in [0.1, 0.15) is 9.39 Å². The fourth-order valence-electron chi connectivity index (χ4n) is 3.91. The third kappa shape index (κ3) is 6.71. The molecule has 0 spiro atoms. The lowest BCUT2D eigenvalue weighted by Gasteiger charge is -2.24. The van der Waals surface area contributed by atoms with Gasteiger partial charge >= 0.3 is 0 Å². The molecule has 3 aliphatic heterocycles. The number of rotatable bonds is 0. The number of ether oxygens (including phenoxy) is 2. The Labute approximate surface area is 206 Å². The van der Waals surface area contributed by atoms with Crippen molar-refractivity contribution in [2.75, 3.05) is 32.9 Å². The Morgan fingerprint density at radius 2 is 1.91 bits per heavy atom. The Morgan fingerprint density at radius 1 is 1.06 bits per heavy atom. The zero-order valence-corrected chi connectivity index (χ0v) is 20.6. The van der Waals surface area contributed by atoms with Crippen LogP contribution in [0.3, 0.4) is 0 Å². The Balaban J connectivity index is 1.40. The summed E-state index contributed by atoms with van der Waals surface area (Å²) in [6.07, 6.45) is 3.00. The summed E-state index contributed by atoms with van der Waals surface area (Å²) >= 11 is 2.22. The normalized spacial score (nSPS) is 21.9. The molecular formula is C22H29IN6O4.